The van der Waals surface area contributed by atoms with E-state index in [4.69, 9.17) is 16.7 Å². The number of nitriles is 1. The minimum atomic E-state index is 0.218. The zero-order chi connectivity index (χ0) is 15.5. The fourth-order valence-electron chi connectivity index (χ4n) is 3.29. The van der Waals surface area contributed by atoms with Crippen LogP contribution in [0.25, 0.3) is 10.9 Å². The van der Waals surface area contributed by atoms with Gasteiger partial charge >= 0.3 is 0 Å². The highest BCUT2D eigenvalue weighted by Gasteiger charge is 2.27. The molecule has 0 bridgehead atoms. The summed E-state index contributed by atoms with van der Waals surface area (Å²) >= 11 is 6.00. The summed E-state index contributed by atoms with van der Waals surface area (Å²) in [5.41, 5.74) is 1.34. The molecule has 4 nitrogen and oxygen atoms in total. The van der Waals surface area contributed by atoms with Gasteiger partial charge in [0, 0.05) is 23.1 Å². The van der Waals surface area contributed by atoms with Crippen LogP contribution in [0.3, 0.4) is 0 Å². The Morgan fingerprint density at radius 2 is 2.23 bits per heavy atom. The molecule has 0 saturated heterocycles. The van der Waals surface area contributed by atoms with E-state index in [1.54, 1.807) is 18.2 Å². The van der Waals surface area contributed by atoms with E-state index in [-0.39, 0.29) is 6.61 Å². The maximum atomic E-state index is 9.37. The van der Waals surface area contributed by atoms with Crippen LogP contribution in [0.5, 0.6) is 0 Å². The number of halogens is 1. The highest BCUT2D eigenvalue weighted by atomic mass is 35.5. The molecular weight excluding hydrogens is 298 g/mol. The van der Waals surface area contributed by atoms with E-state index in [1.165, 1.54) is 0 Å². The van der Waals surface area contributed by atoms with Crippen molar-refractivity contribution >= 4 is 28.3 Å². The zero-order valence-electron chi connectivity index (χ0n) is 12.2. The van der Waals surface area contributed by atoms with Crippen LogP contribution in [0.2, 0.25) is 5.02 Å². The second kappa shape index (κ2) is 6.51. The van der Waals surface area contributed by atoms with Gasteiger partial charge in [-0.3, -0.25) is 0 Å². The number of rotatable bonds is 4. The monoisotopic (exact) mass is 315 g/mol. The average molecular weight is 316 g/mol. The Labute approximate surface area is 134 Å². The maximum Gasteiger partial charge on any atom is 0.128 e. The van der Waals surface area contributed by atoms with Crippen LogP contribution in [-0.2, 0) is 0 Å². The molecule has 1 fully saturated rings. The molecule has 0 radical (unpaired) electrons. The Morgan fingerprint density at radius 1 is 1.36 bits per heavy atom. The number of aromatic nitrogens is 1. The van der Waals surface area contributed by atoms with Gasteiger partial charge in [0.2, 0.25) is 0 Å². The summed E-state index contributed by atoms with van der Waals surface area (Å²) in [7, 11) is 0. The zero-order valence-corrected chi connectivity index (χ0v) is 13.0. The minimum Gasteiger partial charge on any atom is -0.396 e. The second-order valence-corrected chi connectivity index (χ2v) is 6.22. The second-order valence-electron chi connectivity index (χ2n) is 5.78. The van der Waals surface area contributed by atoms with E-state index in [1.807, 2.05) is 6.07 Å². The number of nitrogens with zero attached hydrogens (tertiary/aromatic N) is 2. The van der Waals surface area contributed by atoms with Crippen LogP contribution < -0.4 is 5.32 Å². The van der Waals surface area contributed by atoms with Crippen molar-refractivity contribution in [1.29, 1.82) is 5.26 Å². The molecule has 1 aliphatic carbocycles. The molecule has 2 atom stereocenters. The molecular formula is C17H18ClN3O. The largest absolute Gasteiger partial charge is 0.396 e. The molecule has 2 N–H and O–H groups in total. The number of fused-ring (bicyclic) bond motifs is 1. The van der Waals surface area contributed by atoms with Crippen LogP contribution in [0.1, 0.15) is 31.2 Å². The number of anilines is 1. The fourth-order valence-corrected chi connectivity index (χ4v) is 3.46. The SMILES string of the molecule is N#Cc1cc(NC2CCCC2CCO)nc2ccc(Cl)cc12. The molecule has 1 heterocycles. The summed E-state index contributed by atoms with van der Waals surface area (Å²) in [6.45, 7) is 0.218. The number of pyridine rings is 1. The Kier molecular flexibility index (Phi) is 4.47. The van der Waals surface area contributed by atoms with Gasteiger partial charge in [0.1, 0.15) is 5.82 Å². The average Bonchev–Trinajstić information content (AvgIpc) is 2.94. The van der Waals surface area contributed by atoms with Gasteiger partial charge in [0.15, 0.2) is 0 Å². The van der Waals surface area contributed by atoms with E-state index >= 15 is 0 Å². The first-order valence-corrected chi connectivity index (χ1v) is 7.97. The predicted molar refractivity (Wildman–Crippen MR) is 87.9 cm³/mol. The highest BCUT2D eigenvalue weighted by Crippen LogP contribution is 2.31. The van der Waals surface area contributed by atoms with E-state index in [0.717, 1.165) is 42.4 Å². The molecule has 114 valence electrons. The Hall–Kier alpha value is -1.83. The van der Waals surface area contributed by atoms with Gasteiger partial charge in [-0.2, -0.15) is 5.26 Å². The van der Waals surface area contributed by atoms with Crippen molar-refractivity contribution in [3.8, 4) is 6.07 Å². The van der Waals surface area contributed by atoms with E-state index in [0.29, 0.717) is 22.5 Å². The minimum absolute atomic E-state index is 0.218. The first kappa shape index (κ1) is 15.1. The third-order valence-corrected chi connectivity index (χ3v) is 4.62. The number of hydrogen-bond acceptors (Lipinski definition) is 4. The summed E-state index contributed by atoms with van der Waals surface area (Å²) in [5, 5.41) is 23.4. The lowest BCUT2D eigenvalue weighted by Crippen LogP contribution is -2.25. The van der Waals surface area contributed by atoms with Crippen molar-refractivity contribution in [2.75, 3.05) is 11.9 Å². The first-order valence-electron chi connectivity index (χ1n) is 7.59. The molecule has 1 aliphatic rings. The Bertz CT molecular complexity index is 726. The van der Waals surface area contributed by atoms with Gasteiger partial charge in [0.05, 0.1) is 17.1 Å². The van der Waals surface area contributed by atoms with E-state index < -0.39 is 0 Å². The fraction of sp³-hybridized carbons (Fsp3) is 0.412. The Morgan fingerprint density at radius 3 is 3.00 bits per heavy atom. The number of aliphatic hydroxyl groups excluding tert-OH is 1. The lowest BCUT2D eigenvalue weighted by Gasteiger charge is -2.21. The molecule has 1 saturated carbocycles. The molecule has 0 amide bonds. The lowest BCUT2D eigenvalue weighted by atomic mass is 10.00. The molecule has 5 heteroatoms. The first-order chi connectivity index (χ1) is 10.7. The summed E-state index contributed by atoms with van der Waals surface area (Å²) in [6, 6.07) is 9.72. The molecule has 2 unspecified atom stereocenters. The van der Waals surface area contributed by atoms with Crippen molar-refractivity contribution in [3.05, 3.63) is 34.9 Å². The summed E-state index contributed by atoms with van der Waals surface area (Å²) in [4.78, 5) is 4.60. The number of hydrogen-bond donors (Lipinski definition) is 2. The van der Waals surface area contributed by atoms with Crippen molar-refractivity contribution in [2.45, 2.75) is 31.7 Å². The van der Waals surface area contributed by atoms with Crippen molar-refractivity contribution < 1.29 is 5.11 Å². The van der Waals surface area contributed by atoms with Crippen LogP contribution in [0, 0.1) is 17.2 Å². The molecule has 3 rings (SSSR count). The van der Waals surface area contributed by atoms with Gasteiger partial charge in [-0.1, -0.05) is 18.0 Å². The molecule has 2 aromatic rings. The van der Waals surface area contributed by atoms with Crippen LogP contribution in [0.15, 0.2) is 24.3 Å². The third kappa shape index (κ3) is 3.01. The lowest BCUT2D eigenvalue weighted by molar-refractivity contribution is 0.254. The normalized spacial score (nSPS) is 21.0. The standard InChI is InChI=1S/C17H18ClN3O/c18-13-4-5-16-14(9-13)12(10-19)8-17(21-16)20-15-3-1-2-11(15)6-7-22/h4-5,8-9,11,15,22H,1-3,6-7H2,(H,20,21). The molecule has 0 aliphatic heterocycles. The highest BCUT2D eigenvalue weighted by molar-refractivity contribution is 6.31. The molecule has 0 spiro atoms. The summed E-state index contributed by atoms with van der Waals surface area (Å²) < 4.78 is 0. The van der Waals surface area contributed by atoms with E-state index in [2.05, 4.69) is 16.4 Å². The van der Waals surface area contributed by atoms with Crippen molar-refractivity contribution in [3.63, 3.8) is 0 Å². The predicted octanol–water partition coefficient (Wildman–Crippen LogP) is 3.72. The molecule has 1 aromatic heterocycles. The van der Waals surface area contributed by atoms with Crippen LogP contribution in [0.4, 0.5) is 5.82 Å². The van der Waals surface area contributed by atoms with Gasteiger partial charge < -0.3 is 10.4 Å². The van der Waals surface area contributed by atoms with Crippen molar-refractivity contribution in [1.82, 2.24) is 4.98 Å². The smallest absolute Gasteiger partial charge is 0.128 e. The number of aliphatic hydroxyl groups is 1. The van der Waals surface area contributed by atoms with Gasteiger partial charge in [-0.05, 0) is 49.4 Å². The third-order valence-electron chi connectivity index (χ3n) is 4.38. The van der Waals surface area contributed by atoms with Gasteiger partial charge in [-0.25, -0.2) is 4.98 Å². The summed E-state index contributed by atoms with van der Waals surface area (Å²) in [5.74, 6) is 1.19. The van der Waals surface area contributed by atoms with Gasteiger partial charge in [-0.15, -0.1) is 0 Å². The molecule has 22 heavy (non-hydrogen) atoms. The van der Waals surface area contributed by atoms with Crippen LogP contribution in [-0.4, -0.2) is 22.7 Å². The number of nitrogens with one attached hydrogen (secondary N) is 1. The maximum absolute atomic E-state index is 9.37. The molecule has 1 aromatic carbocycles. The Balaban J connectivity index is 1.91. The summed E-state index contributed by atoms with van der Waals surface area (Å²) in [6.07, 6.45) is 4.18. The van der Waals surface area contributed by atoms with E-state index in [9.17, 15) is 5.26 Å². The van der Waals surface area contributed by atoms with Gasteiger partial charge in [0.25, 0.3) is 0 Å². The quantitative estimate of drug-likeness (QED) is 0.902. The number of benzene rings is 1. The topological polar surface area (TPSA) is 68.9 Å². The van der Waals surface area contributed by atoms with Crippen LogP contribution >= 0.6 is 11.6 Å². The van der Waals surface area contributed by atoms with Crippen molar-refractivity contribution in [2.24, 2.45) is 5.92 Å².